The molecule has 0 saturated heterocycles. The molecule has 0 radical (unpaired) electrons. The highest BCUT2D eigenvalue weighted by Crippen LogP contribution is 2.34. The summed E-state index contributed by atoms with van der Waals surface area (Å²) in [5.74, 6) is 1.45. The Kier molecular flexibility index (Phi) is 8.90. The van der Waals surface area contributed by atoms with Crippen LogP contribution in [0.2, 0.25) is 0 Å². The van der Waals surface area contributed by atoms with Crippen LogP contribution in [-0.4, -0.2) is 42.7 Å². The van der Waals surface area contributed by atoms with Gasteiger partial charge in [-0.25, -0.2) is 4.79 Å². The highest BCUT2D eigenvalue weighted by molar-refractivity contribution is 6.03. The van der Waals surface area contributed by atoms with E-state index in [1.807, 2.05) is 62.4 Å². The summed E-state index contributed by atoms with van der Waals surface area (Å²) >= 11 is 0. The molecule has 2 heterocycles. The Hall–Kier alpha value is -5.39. The molecule has 3 aromatic carbocycles. The Morgan fingerprint density at radius 3 is 2.44 bits per heavy atom. The van der Waals surface area contributed by atoms with Crippen LogP contribution in [0.3, 0.4) is 0 Å². The Labute approximate surface area is 260 Å². The van der Waals surface area contributed by atoms with Crippen molar-refractivity contribution in [1.29, 1.82) is 0 Å². The van der Waals surface area contributed by atoms with E-state index in [4.69, 9.17) is 4.52 Å². The third-order valence-electron chi connectivity index (χ3n) is 7.97. The second-order valence-electron chi connectivity index (χ2n) is 11.5. The number of hydrogen-bond donors (Lipinski definition) is 3. The van der Waals surface area contributed by atoms with E-state index >= 15 is 0 Å². The van der Waals surface area contributed by atoms with E-state index in [0.717, 1.165) is 11.3 Å². The molecule has 2 aromatic heterocycles. The Balaban J connectivity index is 1.22. The van der Waals surface area contributed by atoms with Crippen molar-refractivity contribution in [2.45, 2.75) is 64.3 Å². The third kappa shape index (κ3) is 7.23. The summed E-state index contributed by atoms with van der Waals surface area (Å²) in [5.41, 5.74) is 4.65. The van der Waals surface area contributed by atoms with Gasteiger partial charge in [-0.3, -0.25) is 15.0 Å². The number of hydrogen-bond acceptors (Lipinski definition) is 8. The number of carbonyl (C=O) groups excluding carboxylic acids is 2. The fourth-order valence-corrected chi connectivity index (χ4v) is 5.48. The van der Waals surface area contributed by atoms with E-state index in [1.165, 1.54) is 37.7 Å². The topological polar surface area (TPSA) is 155 Å². The lowest BCUT2D eigenvalue weighted by Crippen LogP contribution is -2.34. The molecule has 1 aliphatic rings. The first-order valence-corrected chi connectivity index (χ1v) is 15.2. The molecule has 3 amide bonds. The standard InChI is InChI=1S/C33H35N9O3/c1-21(2)29-35-31(45-39-29)26-9-6-10-27(19-26)34-33(44)42(28-17-15-24(16-18-28)23-7-4-3-5-8-23)20-22-11-13-25(14-12-22)30(43)36-32-37-40-41-38-32/h6,9-19,21,23H,3-5,7-8,20H2,1-2H3,(H,34,44)(H2,36,37,38,40,41,43). The second kappa shape index (κ2) is 13.5. The quantitative estimate of drug-likeness (QED) is 0.164. The number of carbonyl (C=O) groups is 2. The summed E-state index contributed by atoms with van der Waals surface area (Å²) in [6.45, 7) is 4.28. The number of rotatable bonds is 9. The van der Waals surface area contributed by atoms with Crippen molar-refractivity contribution in [2.24, 2.45) is 0 Å². The monoisotopic (exact) mass is 605 g/mol. The lowest BCUT2D eigenvalue weighted by Gasteiger charge is -2.26. The largest absolute Gasteiger partial charge is 0.334 e. The molecule has 6 rings (SSSR count). The number of aromatic amines is 1. The molecule has 12 heteroatoms. The lowest BCUT2D eigenvalue weighted by atomic mass is 9.84. The lowest BCUT2D eigenvalue weighted by molar-refractivity contribution is 0.102. The van der Waals surface area contributed by atoms with E-state index in [0.29, 0.717) is 34.4 Å². The van der Waals surface area contributed by atoms with Crippen molar-refractivity contribution in [2.75, 3.05) is 15.5 Å². The van der Waals surface area contributed by atoms with Gasteiger partial charge in [-0.2, -0.15) is 10.2 Å². The predicted molar refractivity (Wildman–Crippen MR) is 170 cm³/mol. The second-order valence-corrected chi connectivity index (χ2v) is 11.5. The molecule has 1 saturated carbocycles. The van der Waals surface area contributed by atoms with Crippen LogP contribution < -0.4 is 15.5 Å². The maximum absolute atomic E-state index is 13.9. The number of anilines is 3. The normalized spacial score (nSPS) is 13.5. The van der Waals surface area contributed by atoms with Crippen molar-refractivity contribution < 1.29 is 14.1 Å². The summed E-state index contributed by atoms with van der Waals surface area (Å²) in [6.07, 6.45) is 6.21. The van der Waals surface area contributed by atoms with E-state index < -0.39 is 0 Å². The summed E-state index contributed by atoms with van der Waals surface area (Å²) in [5, 5.41) is 22.9. The van der Waals surface area contributed by atoms with Crippen LogP contribution in [0.15, 0.2) is 77.3 Å². The van der Waals surface area contributed by atoms with Gasteiger partial charge in [0.25, 0.3) is 17.7 Å². The van der Waals surface area contributed by atoms with Gasteiger partial charge in [-0.15, -0.1) is 5.10 Å². The summed E-state index contributed by atoms with van der Waals surface area (Å²) in [4.78, 5) is 32.6. The fraction of sp³-hybridized carbons (Fsp3) is 0.303. The van der Waals surface area contributed by atoms with Gasteiger partial charge in [-0.05, 0) is 77.6 Å². The average Bonchev–Trinajstić information content (AvgIpc) is 3.78. The van der Waals surface area contributed by atoms with Crippen molar-refractivity contribution in [3.8, 4) is 11.5 Å². The van der Waals surface area contributed by atoms with Crippen LogP contribution in [0, 0.1) is 0 Å². The van der Waals surface area contributed by atoms with Gasteiger partial charge < -0.3 is 9.84 Å². The Morgan fingerprint density at radius 1 is 0.978 bits per heavy atom. The number of H-pyrrole nitrogens is 1. The van der Waals surface area contributed by atoms with Gasteiger partial charge in [0.15, 0.2) is 5.82 Å². The van der Waals surface area contributed by atoms with Gasteiger partial charge in [-0.1, -0.05) is 73.7 Å². The molecule has 1 fully saturated rings. The molecule has 0 aliphatic heterocycles. The highest BCUT2D eigenvalue weighted by Gasteiger charge is 2.20. The van der Waals surface area contributed by atoms with Crippen LogP contribution in [-0.2, 0) is 6.54 Å². The molecule has 0 unspecified atom stereocenters. The van der Waals surface area contributed by atoms with Gasteiger partial charge >= 0.3 is 6.03 Å². The van der Waals surface area contributed by atoms with Gasteiger partial charge in [0.2, 0.25) is 0 Å². The molecule has 3 N–H and O–H groups in total. The fourth-order valence-electron chi connectivity index (χ4n) is 5.48. The van der Waals surface area contributed by atoms with Crippen LogP contribution in [0.1, 0.15) is 85.1 Å². The predicted octanol–water partition coefficient (Wildman–Crippen LogP) is 6.91. The summed E-state index contributed by atoms with van der Waals surface area (Å²) in [7, 11) is 0. The minimum absolute atomic E-state index is 0.0899. The minimum Gasteiger partial charge on any atom is -0.334 e. The van der Waals surface area contributed by atoms with Gasteiger partial charge in [0, 0.05) is 28.4 Å². The molecule has 0 atom stereocenters. The highest BCUT2D eigenvalue weighted by atomic mass is 16.5. The van der Waals surface area contributed by atoms with Gasteiger partial charge in [0.05, 0.1) is 6.54 Å². The third-order valence-corrected chi connectivity index (χ3v) is 7.97. The molecular formula is C33H35N9O3. The van der Waals surface area contributed by atoms with Crippen LogP contribution in [0.25, 0.3) is 11.5 Å². The van der Waals surface area contributed by atoms with Crippen molar-refractivity contribution in [3.05, 3.63) is 95.3 Å². The number of benzene rings is 3. The molecule has 12 nitrogen and oxygen atoms in total. The summed E-state index contributed by atoms with van der Waals surface area (Å²) < 4.78 is 5.46. The van der Waals surface area contributed by atoms with Gasteiger partial charge in [0.1, 0.15) is 0 Å². The van der Waals surface area contributed by atoms with E-state index in [2.05, 4.69) is 53.5 Å². The molecule has 5 aromatic rings. The molecule has 230 valence electrons. The summed E-state index contributed by atoms with van der Waals surface area (Å²) in [6, 6.07) is 22.4. The minimum atomic E-state index is -0.363. The maximum atomic E-state index is 13.9. The number of amides is 3. The van der Waals surface area contributed by atoms with E-state index in [-0.39, 0.29) is 30.3 Å². The zero-order chi connectivity index (χ0) is 31.2. The molecule has 0 bridgehead atoms. The van der Waals surface area contributed by atoms with Crippen LogP contribution in [0.5, 0.6) is 0 Å². The molecule has 0 spiro atoms. The number of nitrogens with zero attached hydrogens (tertiary/aromatic N) is 6. The van der Waals surface area contributed by atoms with Crippen molar-refractivity contribution in [3.63, 3.8) is 0 Å². The number of urea groups is 1. The van der Waals surface area contributed by atoms with Crippen molar-refractivity contribution in [1.82, 2.24) is 30.8 Å². The number of tetrazole rings is 1. The van der Waals surface area contributed by atoms with Crippen LogP contribution in [0.4, 0.5) is 22.1 Å². The molecule has 1 aliphatic carbocycles. The average molecular weight is 606 g/mol. The SMILES string of the molecule is CC(C)c1noc(-c2cccc(NC(=O)N(Cc3ccc(C(=O)Nc4nn[nH]n4)cc3)c3ccc(C4CCCCC4)cc3)c2)n1. The zero-order valence-corrected chi connectivity index (χ0v) is 25.2. The first-order valence-electron chi connectivity index (χ1n) is 15.2. The van der Waals surface area contributed by atoms with Crippen molar-refractivity contribution >= 4 is 29.3 Å². The van der Waals surface area contributed by atoms with E-state index in [1.54, 1.807) is 17.0 Å². The molecular weight excluding hydrogens is 570 g/mol. The zero-order valence-electron chi connectivity index (χ0n) is 25.2. The number of nitrogens with one attached hydrogen (secondary N) is 3. The maximum Gasteiger partial charge on any atom is 0.326 e. The van der Waals surface area contributed by atoms with E-state index in [9.17, 15) is 9.59 Å². The smallest absolute Gasteiger partial charge is 0.326 e. The first kappa shape index (κ1) is 29.7. The first-order chi connectivity index (χ1) is 21.9. The Morgan fingerprint density at radius 2 is 1.76 bits per heavy atom. The molecule has 45 heavy (non-hydrogen) atoms. The van der Waals surface area contributed by atoms with Crippen LogP contribution >= 0.6 is 0 Å². The Bertz CT molecular complexity index is 1730. The number of aromatic nitrogens is 6.